The molecule has 0 aliphatic rings. The molecule has 112 valence electrons. The Bertz CT molecular complexity index is 526. The Balaban J connectivity index is 3.06. The molecule has 0 aliphatic carbocycles. The fraction of sp³-hybridized carbons (Fsp3) is 0.571. The summed E-state index contributed by atoms with van der Waals surface area (Å²) in [4.78, 5) is 12.0. The Hall–Kier alpha value is -1.33. The summed E-state index contributed by atoms with van der Waals surface area (Å²) < 4.78 is 1.27. The number of hydrogen-bond acceptors (Lipinski definition) is 4. The summed E-state index contributed by atoms with van der Waals surface area (Å²) in [6.45, 7) is 10.6. The van der Waals surface area contributed by atoms with Gasteiger partial charge in [-0.3, -0.25) is 4.79 Å². The summed E-state index contributed by atoms with van der Waals surface area (Å²) in [6, 6.07) is 0. The highest BCUT2D eigenvalue weighted by Gasteiger charge is 2.25. The van der Waals surface area contributed by atoms with Gasteiger partial charge in [0.1, 0.15) is 5.02 Å². The quantitative estimate of drug-likeness (QED) is 0.757. The number of anilines is 1. The van der Waals surface area contributed by atoms with Crippen LogP contribution in [0.5, 0.6) is 0 Å². The molecule has 0 radical (unpaired) electrons. The molecule has 0 saturated carbocycles. The van der Waals surface area contributed by atoms with E-state index < -0.39 is 0 Å². The lowest BCUT2D eigenvalue weighted by atomic mass is 9.90. The van der Waals surface area contributed by atoms with Crippen molar-refractivity contribution >= 4 is 17.3 Å². The van der Waals surface area contributed by atoms with Crippen molar-refractivity contribution < 1.29 is 0 Å². The van der Waals surface area contributed by atoms with Gasteiger partial charge in [0.25, 0.3) is 5.56 Å². The minimum atomic E-state index is -0.333. The molecule has 0 bridgehead atoms. The van der Waals surface area contributed by atoms with E-state index in [4.69, 9.17) is 17.3 Å². The third-order valence-corrected chi connectivity index (χ3v) is 3.40. The standard InChI is InChI=1S/C14H23ClN4O/c1-5-6-19-13(20)12(15)11(8-17-19)18-14(4,9-16)7-10(2)3/h5,8,10,18H,1,6-7,9,16H2,2-4H3. The van der Waals surface area contributed by atoms with Crippen LogP contribution in [0.4, 0.5) is 5.69 Å². The zero-order chi connectivity index (χ0) is 15.3. The van der Waals surface area contributed by atoms with Gasteiger partial charge in [0.05, 0.1) is 18.4 Å². The van der Waals surface area contributed by atoms with Gasteiger partial charge in [-0.2, -0.15) is 5.10 Å². The molecule has 6 heteroatoms. The van der Waals surface area contributed by atoms with E-state index in [0.717, 1.165) is 6.42 Å². The molecular formula is C14H23ClN4O. The zero-order valence-electron chi connectivity index (χ0n) is 12.3. The average Bonchev–Trinajstić information content (AvgIpc) is 2.38. The van der Waals surface area contributed by atoms with Crippen molar-refractivity contribution in [3.05, 3.63) is 34.2 Å². The lowest BCUT2D eigenvalue weighted by Crippen LogP contribution is -2.44. The van der Waals surface area contributed by atoms with Crippen LogP contribution in [0.1, 0.15) is 27.2 Å². The monoisotopic (exact) mass is 298 g/mol. The summed E-state index contributed by atoms with van der Waals surface area (Å²) >= 11 is 6.12. The van der Waals surface area contributed by atoms with Crippen LogP contribution in [0.15, 0.2) is 23.6 Å². The van der Waals surface area contributed by atoms with Gasteiger partial charge in [0, 0.05) is 12.1 Å². The highest BCUT2D eigenvalue weighted by atomic mass is 35.5. The molecular weight excluding hydrogens is 276 g/mol. The molecule has 1 atom stereocenters. The van der Waals surface area contributed by atoms with E-state index in [1.807, 2.05) is 6.92 Å². The Kier molecular flexibility index (Phi) is 5.77. The fourth-order valence-electron chi connectivity index (χ4n) is 2.22. The van der Waals surface area contributed by atoms with Gasteiger partial charge in [-0.15, -0.1) is 6.58 Å². The van der Waals surface area contributed by atoms with Gasteiger partial charge < -0.3 is 11.1 Å². The number of nitrogens with two attached hydrogens (primary N) is 1. The molecule has 20 heavy (non-hydrogen) atoms. The van der Waals surface area contributed by atoms with Gasteiger partial charge >= 0.3 is 0 Å². The summed E-state index contributed by atoms with van der Waals surface area (Å²) in [5.41, 5.74) is 5.71. The zero-order valence-corrected chi connectivity index (χ0v) is 13.1. The molecule has 0 saturated heterocycles. The Labute approximate surface area is 124 Å². The van der Waals surface area contributed by atoms with Gasteiger partial charge in [-0.05, 0) is 19.3 Å². The van der Waals surface area contributed by atoms with E-state index >= 15 is 0 Å². The second-order valence-corrected chi connectivity index (χ2v) is 6.01. The first-order chi connectivity index (χ1) is 9.33. The molecule has 0 aliphatic heterocycles. The Morgan fingerprint density at radius 1 is 1.65 bits per heavy atom. The van der Waals surface area contributed by atoms with E-state index in [1.54, 1.807) is 12.3 Å². The minimum Gasteiger partial charge on any atom is -0.376 e. The van der Waals surface area contributed by atoms with Crippen molar-refractivity contribution in [3.8, 4) is 0 Å². The number of hydrogen-bond donors (Lipinski definition) is 2. The average molecular weight is 299 g/mol. The number of nitrogens with zero attached hydrogens (tertiary/aromatic N) is 2. The second kappa shape index (κ2) is 6.90. The van der Waals surface area contributed by atoms with E-state index in [2.05, 4.69) is 30.8 Å². The summed E-state index contributed by atoms with van der Waals surface area (Å²) in [6.07, 6.45) is 4.03. The third kappa shape index (κ3) is 4.08. The van der Waals surface area contributed by atoms with E-state index in [1.165, 1.54) is 4.68 Å². The van der Waals surface area contributed by atoms with Crippen molar-refractivity contribution in [2.45, 2.75) is 39.3 Å². The molecule has 0 amide bonds. The van der Waals surface area contributed by atoms with Crippen molar-refractivity contribution in [3.63, 3.8) is 0 Å². The second-order valence-electron chi connectivity index (χ2n) is 5.64. The van der Waals surface area contributed by atoms with E-state index in [9.17, 15) is 4.79 Å². The number of nitrogens with one attached hydrogen (secondary N) is 1. The largest absolute Gasteiger partial charge is 0.376 e. The van der Waals surface area contributed by atoms with E-state index in [-0.39, 0.29) is 16.1 Å². The van der Waals surface area contributed by atoms with Crippen molar-refractivity contribution in [1.82, 2.24) is 9.78 Å². The summed E-state index contributed by atoms with van der Waals surface area (Å²) in [5, 5.41) is 7.46. The van der Waals surface area contributed by atoms with E-state index in [0.29, 0.717) is 24.7 Å². The van der Waals surface area contributed by atoms with Crippen LogP contribution in [-0.4, -0.2) is 21.9 Å². The smallest absolute Gasteiger partial charge is 0.287 e. The maximum atomic E-state index is 12.0. The first-order valence-electron chi connectivity index (χ1n) is 6.67. The van der Waals surface area contributed by atoms with Gasteiger partial charge in [0.2, 0.25) is 0 Å². The Morgan fingerprint density at radius 2 is 2.30 bits per heavy atom. The predicted octanol–water partition coefficient (Wildman–Crippen LogP) is 2.26. The van der Waals surface area contributed by atoms with Crippen LogP contribution in [0.3, 0.4) is 0 Å². The maximum Gasteiger partial charge on any atom is 0.287 e. The van der Waals surface area contributed by atoms with Crippen LogP contribution in [0.25, 0.3) is 0 Å². The molecule has 0 aromatic carbocycles. The van der Waals surface area contributed by atoms with Crippen molar-refractivity contribution in [1.29, 1.82) is 0 Å². The molecule has 1 rings (SSSR count). The molecule has 3 N–H and O–H groups in total. The molecule has 1 heterocycles. The lowest BCUT2D eigenvalue weighted by Gasteiger charge is -2.32. The molecule has 0 fully saturated rings. The van der Waals surface area contributed by atoms with Gasteiger partial charge in [-0.1, -0.05) is 31.5 Å². The third-order valence-electron chi connectivity index (χ3n) is 3.03. The van der Waals surface area contributed by atoms with Crippen LogP contribution < -0.4 is 16.6 Å². The van der Waals surface area contributed by atoms with Gasteiger partial charge in [-0.25, -0.2) is 4.68 Å². The van der Waals surface area contributed by atoms with Gasteiger partial charge in [0.15, 0.2) is 0 Å². The number of allylic oxidation sites excluding steroid dienone is 1. The van der Waals surface area contributed by atoms with Crippen molar-refractivity contribution in [2.24, 2.45) is 11.7 Å². The predicted molar refractivity (Wildman–Crippen MR) is 84.2 cm³/mol. The van der Waals surface area contributed by atoms with Crippen LogP contribution in [-0.2, 0) is 6.54 Å². The molecule has 1 unspecified atom stereocenters. The van der Waals surface area contributed by atoms with Crippen LogP contribution in [0, 0.1) is 5.92 Å². The Morgan fingerprint density at radius 3 is 2.80 bits per heavy atom. The highest BCUT2D eigenvalue weighted by molar-refractivity contribution is 6.32. The first-order valence-corrected chi connectivity index (χ1v) is 7.05. The molecule has 1 aromatic heterocycles. The lowest BCUT2D eigenvalue weighted by molar-refractivity contribution is 0.406. The summed E-state index contributed by atoms with van der Waals surface area (Å²) in [7, 11) is 0. The van der Waals surface area contributed by atoms with Crippen molar-refractivity contribution in [2.75, 3.05) is 11.9 Å². The topological polar surface area (TPSA) is 72.9 Å². The minimum absolute atomic E-state index is 0.130. The molecule has 5 nitrogen and oxygen atoms in total. The number of aromatic nitrogens is 2. The number of halogens is 1. The highest BCUT2D eigenvalue weighted by Crippen LogP contribution is 2.24. The first kappa shape index (κ1) is 16.7. The molecule has 1 aromatic rings. The maximum absolute atomic E-state index is 12.0. The molecule has 0 spiro atoms. The SMILES string of the molecule is C=CCn1ncc(NC(C)(CN)CC(C)C)c(Cl)c1=O. The van der Waals surface area contributed by atoms with Crippen LogP contribution >= 0.6 is 11.6 Å². The van der Waals surface area contributed by atoms with Crippen LogP contribution in [0.2, 0.25) is 5.02 Å². The number of rotatable bonds is 7. The normalized spacial score (nSPS) is 14.1. The fourth-order valence-corrected chi connectivity index (χ4v) is 2.41. The summed E-state index contributed by atoms with van der Waals surface area (Å²) in [5.74, 6) is 0.476.